The highest BCUT2D eigenvalue weighted by atomic mass is 32.2. The topological polar surface area (TPSA) is 15.3 Å². The number of halogens is 6. The van der Waals surface area contributed by atoms with Crippen LogP contribution in [0.2, 0.25) is 0 Å². The molecule has 9 heteroatoms. The van der Waals surface area contributed by atoms with Gasteiger partial charge < -0.3 is 9.62 Å². The molecule has 0 aliphatic heterocycles. The molecule has 0 amide bonds. The van der Waals surface area contributed by atoms with E-state index in [1.807, 2.05) is 19.0 Å². The molecule has 136 valence electrons. The summed E-state index contributed by atoms with van der Waals surface area (Å²) in [6, 6.07) is 8.38. The fourth-order valence-electron chi connectivity index (χ4n) is 1.93. The third-order valence-electron chi connectivity index (χ3n) is 3.23. The van der Waals surface area contributed by atoms with Crippen LogP contribution in [0.4, 0.5) is 37.7 Å². The largest absolute Gasteiger partial charge is 0.416 e. The first-order valence-corrected chi connectivity index (χ1v) is 7.78. The molecule has 0 aromatic heterocycles. The smallest absolute Gasteiger partial charge is 0.378 e. The van der Waals surface area contributed by atoms with E-state index in [-0.39, 0.29) is 11.0 Å². The van der Waals surface area contributed by atoms with Crippen molar-refractivity contribution in [1.82, 2.24) is 0 Å². The lowest BCUT2D eigenvalue weighted by Crippen LogP contribution is -2.11. The molecular weight excluding hydrogens is 366 g/mol. The lowest BCUT2D eigenvalue weighted by Gasteiger charge is -2.15. The number of rotatable bonds is 4. The van der Waals surface area contributed by atoms with Crippen molar-refractivity contribution in [3.8, 4) is 0 Å². The number of anilines is 2. The lowest BCUT2D eigenvalue weighted by molar-refractivity contribution is -0.143. The third kappa shape index (κ3) is 5.22. The SMILES string of the molecule is CN(C)c1ccc(NSc2cc(C(F)(F)F)cc(C(F)(F)F)c2)cc1. The first-order chi connectivity index (χ1) is 11.5. The Bertz CT molecular complexity index is 691. The number of nitrogens with one attached hydrogen (secondary N) is 1. The van der Waals surface area contributed by atoms with Gasteiger partial charge in [-0.1, -0.05) is 0 Å². The predicted molar refractivity (Wildman–Crippen MR) is 86.7 cm³/mol. The van der Waals surface area contributed by atoms with Crippen LogP contribution in [0.15, 0.2) is 47.4 Å². The Labute approximate surface area is 145 Å². The minimum atomic E-state index is -4.86. The molecule has 0 radical (unpaired) electrons. The van der Waals surface area contributed by atoms with Gasteiger partial charge >= 0.3 is 12.4 Å². The van der Waals surface area contributed by atoms with Crippen LogP contribution in [-0.4, -0.2) is 14.1 Å². The standard InChI is InChI=1S/C16H14F6N2S/c1-24(2)13-5-3-12(4-6-13)23-25-14-8-10(15(17,18)19)7-11(9-14)16(20,21)22/h3-9,23H,1-2H3. The molecule has 2 nitrogen and oxygen atoms in total. The zero-order valence-corrected chi connectivity index (χ0v) is 14.0. The van der Waals surface area contributed by atoms with Gasteiger partial charge in [0.2, 0.25) is 0 Å². The summed E-state index contributed by atoms with van der Waals surface area (Å²) in [5.41, 5.74) is -1.21. The van der Waals surface area contributed by atoms with Gasteiger partial charge in [0.25, 0.3) is 0 Å². The normalized spacial score (nSPS) is 12.2. The van der Waals surface area contributed by atoms with Gasteiger partial charge in [-0.25, -0.2) is 0 Å². The van der Waals surface area contributed by atoms with Crippen molar-refractivity contribution < 1.29 is 26.3 Å². The van der Waals surface area contributed by atoms with E-state index in [4.69, 9.17) is 0 Å². The van der Waals surface area contributed by atoms with E-state index in [0.717, 1.165) is 5.69 Å². The zero-order chi connectivity index (χ0) is 18.8. The number of benzene rings is 2. The minimum absolute atomic E-state index is 0.107. The summed E-state index contributed by atoms with van der Waals surface area (Å²) in [6.45, 7) is 0. The van der Waals surface area contributed by atoms with Crippen LogP contribution in [0.3, 0.4) is 0 Å². The second-order valence-electron chi connectivity index (χ2n) is 5.39. The molecule has 0 unspecified atom stereocenters. The van der Waals surface area contributed by atoms with Gasteiger partial charge in [0.1, 0.15) is 0 Å². The summed E-state index contributed by atoms with van der Waals surface area (Å²) in [4.78, 5) is 1.68. The Morgan fingerprint density at radius 2 is 1.28 bits per heavy atom. The molecule has 0 saturated carbocycles. The molecule has 0 spiro atoms. The summed E-state index contributed by atoms with van der Waals surface area (Å²) >= 11 is 0.685. The van der Waals surface area contributed by atoms with Crippen LogP contribution < -0.4 is 9.62 Å². The summed E-state index contributed by atoms with van der Waals surface area (Å²) in [5.74, 6) is 0. The lowest BCUT2D eigenvalue weighted by atomic mass is 10.1. The second-order valence-corrected chi connectivity index (χ2v) is 6.27. The Morgan fingerprint density at radius 1 is 0.800 bits per heavy atom. The minimum Gasteiger partial charge on any atom is -0.378 e. The van der Waals surface area contributed by atoms with Gasteiger partial charge in [0.15, 0.2) is 0 Å². The van der Waals surface area contributed by atoms with Gasteiger partial charge in [-0.2, -0.15) is 26.3 Å². The predicted octanol–water partition coefficient (Wildman–Crippen LogP) is 5.91. The first kappa shape index (κ1) is 19.3. The molecule has 2 aromatic rings. The van der Waals surface area contributed by atoms with E-state index in [0.29, 0.717) is 29.8 Å². The van der Waals surface area contributed by atoms with Crippen LogP contribution in [0, 0.1) is 0 Å². The molecule has 0 aliphatic rings. The average molecular weight is 380 g/mol. The Kier molecular flexibility index (Phi) is 5.46. The summed E-state index contributed by atoms with van der Waals surface area (Å²) in [7, 11) is 3.69. The molecule has 0 atom stereocenters. The van der Waals surface area contributed by atoms with E-state index < -0.39 is 23.5 Å². The highest BCUT2D eigenvalue weighted by molar-refractivity contribution is 8.00. The number of hydrogen-bond donors (Lipinski definition) is 1. The zero-order valence-electron chi connectivity index (χ0n) is 13.2. The van der Waals surface area contributed by atoms with Crippen molar-refractivity contribution in [2.75, 3.05) is 23.7 Å². The Hall–Kier alpha value is -2.03. The number of alkyl halides is 6. The van der Waals surface area contributed by atoms with Crippen molar-refractivity contribution in [2.45, 2.75) is 17.2 Å². The molecule has 0 fully saturated rings. The molecule has 0 bridgehead atoms. The Morgan fingerprint density at radius 3 is 1.68 bits per heavy atom. The monoisotopic (exact) mass is 380 g/mol. The first-order valence-electron chi connectivity index (χ1n) is 6.96. The van der Waals surface area contributed by atoms with Crippen LogP contribution >= 0.6 is 11.9 Å². The number of nitrogens with zero attached hydrogens (tertiary/aromatic N) is 1. The molecule has 2 aromatic carbocycles. The van der Waals surface area contributed by atoms with E-state index in [9.17, 15) is 26.3 Å². The molecule has 1 N–H and O–H groups in total. The van der Waals surface area contributed by atoms with Crippen LogP contribution in [0.5, 0.6) is 0 Å². The van der Waals surface area contributed by atoms with Crippen LogP contribution in [-0.2, 0) is 12.4 Å². The van der Waals surface area contributed by atoms with Crippen molar-refractivity contribution in [1.29, 1.82) is 0 Å². The van der Waals surface area contributed by atoms with E-state index in [2.05, 4.69) is 4.72 Å². The summed E-state index contributed by atoms with van der Waals surface area (Å²) < 4.78 is 79.7. The van der Waals surface area contributed by atoms with Crippen LogP contribution in [0.1, 0.15) is 11.1 Å². The molecule has 25 heavy (non-hydrogen) atoms. The van der Waals surface area contributed by atoms with Gasteiger partial charge in [-0.3, -0.25) is 0 Å². The maximum atomic E-state index is 12.8. The number of hydrogen-bond acceptors (Lipinski definition) is 3. The maximum Gasteiger partial charge on any atom is 0.416 e. The maximum absolute atomic E-state index is 12.8. The highest BCUT2D eigenvalue weighted by Gasteiger charge is 2.36. The van der Waals surface area contributed by atoms with Gasteiger partial charge in [0.05, 0.1) is 11.1 Å². The van der Waals surface area contributed by atoms with Crippen molar-refractivity contribution >= 4 is 23.3 Å². The molecule has 0 saturated heterocycles. The quantitative estimate of drug-likeness (QED) is 0.524. The van der Waals surface area contributed by atoms with E-state index in [1.165, 1.54) is 0 Å². The van der Waals surface area contributed by atoms with Crippen molar-refractivity contribution in [3.05, 3.63) is 53.6 Å². The summed E-state index contributed by atoms with van der Waals surface area (Å²) in [6.07, 6.45) is -9.71. The van der Waals surface area contributed by atoms with Gasteiger partial charge in [0, 0.05) is 30.4 Å². The van der Waals surface area contributed by atoms with Crippen LogP contribution in [0.25, 0.3) is 0 Å². The molecule has 0 heterocycles. The Balaban J connectivity index is 2.23. The fourth-order valence-corrected chi connectivity index (χ4v) is 2.67. The van der Waals surface area contributed by atoms with Gasteiger partial charge in [-0.05, 0) is 54.4 Å². The van der Waals surface area contributed by atoms with Crippen molar-refractivity contribution in [3.63, 3.8) is 0 Å². The molecule has 0 aliphatic carbocycles. The van der Waals surface area contributed by atoms with Crippen molar-refractivity contribution in [2.24, 2.45) is 0 Å². The average Bonchev–Trinajstić information content (AvgIpc) is 2.51. The third-order valence-corrected chi connectivity index (χ3v) is 4.04. The van der Waals surface area contributed by atoms with E-state index >= 15 is 0 Å². The molecule has 2 rings (SSSR count). The molecular formula is C16H14F6N2S. The van der Waals surface area contributed by atoms with Gasteiger partial charge in [-0.15, -0.1) is 0 Å². The highest BCUT2D eigenvalue weighted by Crippen LogP contribution is 2.38. The second kappa shape index (κ2) is 7.07. The summed E-state index contributed by atoms with van der Waals surface area (Å²) in [5, 5.41) is 0. The fraction of sp³-hybridized carbons (Fsp3) is 0.250. The van der Waals surface area contributed by atoms with E-state index in [1.54, 1.807) is 24.3 Å².